The van der Waals surface area contributed by atoms with Crippen LogP contribution >= 0.6 is 0 Å². The van der Waals surface area contributed by atoms with Crippen LogP contribution in [0.1, 0.15) is 12.5 Å². The van der Waals surface area contributed by atoms with Crippen LogP contribution in [-0.2, 0) is 0 Å². The van der Waals surface area contributed by atoms with Gasteiger partial charge in [-0.3, -0.25) is 0 Å². The summed E-state index contributed by atoms with van der Waals surface area (Å²) in [6, 6.07) is 16.4. The van der Waals surface area contributed by atoms with Crippen molar-refractivity contribution in [3.63, 3.8) is 0 Å². The number of benzene rings is 2. The highest BCUT2D eigenvalue weighted by Gasteiger charge is 2.11. The first kappa shape index (κ1) is 17.3. The molecule has 144 valence electrons. The van der Waals surface area contributed by atoms with Crippen molar-refractivity contribution in [3.05, 3.63) is 72.7 Å². The van der Waals surface area contributed by atoms with Crippen LogP contribution in [0.5, 0.6) is 5.75 Å². The summed E-state index contributed by atoms with van der Waals surface area (Å²) in [7, 11) is 0. The fraction of sp³-hybridized carbons (Fsp3) is 0.130. The van der Waals surface area contributed by atoms with Gasteiger partial charge in [0.25, 0.3) is 0 Å². The maximum Gasteiger partial charge on any atom is 0.165 e. The first-order chi connectivity index (χ1) is 14.2. The summed E-state index contributed by atoms with van der Waals surface area (Å²) in [6.07, 6.45) is 5.72. The lowest BCUT2D eigenvalue weighted by molar-refractivity contribution is 0.338. The average molecular weight is 383 g/mol. The highest BCUT2D eigenvalue weighted by Crippen LogP contribution is 2.29. The zero-order valence-electron chi connectivity index (χ0n) is 16.3. The Balaban J connectivity index is 1.50. The molecule has 2 aromatic carbocycles. The summed E-state index contributed by atoms with van der Waals surface area (Å²) in [4.78, 5) is 8.02. The number of hydrogen-bond donors (Lipinski definition) is 2. The maximum atomic E-state index is 5.66. The molecule has 0 spiro atoms. The third-order valence-electron chi connectivity index (χ3n) is 4.98. The molecule has 6 heteroatoms. The molecule has 0 atom stereocenters. The number of ether oxygens (including phenoxy) is 1. The van der Waals surface area contributed by atoms with E-state index < -0.39 is 0 Å². The van der Waals surface area contributed by atoms with Crippen molar-refractivity contribution < 1.29 is 4.74 Å². The van der Waals surface area contributed by atoms with Crippen molar-refractivity contribution in [2.75, 3.05) is 11.9 Å². The number of aromatic amines is 1. The molecule has 0 fully saturated rings. The second-order valence-electron chi connectivity index (χ2n) is 6.96. The van der Waals surface area contributed by atoms with Gasteiger partial charge in [-0.15, -0.1) is 0 Å². The number of aromatic nitrogens is 4. The van der Waals surface area contributed by atoms with E-state index in [2.05, 4.69) is 52.7 Å². The molecule has 0 bridgehead atoms. The monoisotopic (exact) mass is 383 g/mol. The topological polar surface area (TPSA) is 67.2 Å². The van der Waals surface area contributed by atoms with Crippen LogP contribution in [0.3, 0.4) is 0 Å². The Bertz CT molecular complexity index is 1320. The molecule has 5 aromatic rings. The molecule has 6 nitrogen and oxygen atoms in total. The lowest BCUT2D eigenvalue weighted by Crippen LogP contribution is -1.97. The number of nitrogens with one attached hydrogen (secondary N) is 2. The minimum absolute atomic E-state index is 0.655. The van der Waals surface area contributed by atoms with Crippen LogP contribution in [0.15, 0.2) is 67.1 Å². The zero-order valence-corrected chi connectivity index (χ0v) is 16.3. The maximum absolute atomic E-state index is 5.66. The molecule has 0 radical (unpaired) electrons. The molecular formula is C23H21N5O. The summed E-state index contributed by atoms with van der Waals surface area (Å²) in [6.45, 7) is 4.70. The summed E-state index contributed by atoms with van der Waals surface area (Å²) in [5.74, 6) is 1.68. The normalized spacial score (nSPS) is 11.2. The van der Waals surface area contributed by atoms with E-state index in [1.54, 1.807) is 4.52 Å². The van der Waals surface area contributed by atoms with E-state index in [1.807, 2.05) is 43.7 Å². The standard InChI is InChI=1S/C23H21N5O/c1-3-29-21-7-4-16(12-15(21)2)19-14-25-28-11-9-22(27-23(19)28)26-18-5-6-20-17(13-18)8-10-24-20/h4-14,24H,3H2,1-2H3,(H,26,27). The van der Waals surface area contributed by atoms with Gasteiger partial charge in [0.1, 0.15) is 11.6 Å². The van der Waals surface area contributed by atoms with Crippen LogP contribution in [0.25, 0.3) is 27.7 Å². The van der Waals surface area contributed by atoms with E-state index in [0.29, 0.717) is 6.61 Å². The van der Waals surface area contributed by atoms with Gasteiger partial charge in [-0.2, -0.15) is 5.10 Å². The van der Waals surface area contributed by atoms with E-state index >= 15 is 0 Å². The molecule has 29 heavy (non-hydrogen) atoms. The Morgan fingerprint density at radius 3 is 2.90 bits per heavy atom. The van der Waals surface area contributed by atoms with E-state index in [-0.39, 0.29) is 0 Å². The Morgan fingerprint density at radius 1 is 1.10 bits per heavy atom. The molecular weight excluding hydrogens is 362 g/mol. The van der Waals surface area contributed by atoms with Crippen molar-refractivity contribution in [1.29, 1.82) is 0 Å². The van der Waals surface area contributed by atoms with E-state index in [4.69, 9.17) is 9.72 Å². The third-order valence-corrected chi connectivity index (χ3v) is 4.98. The molecule has 0 aliphatic heterocycles. The fourth-order valence-corrected chi connectivity index (χ4v) is 3.56. The number of aryl methyl sites for hydroxylation is 1. The molecule has 0 amide bonds. The SMILES string of the molecule is CCOc1ccc(-c2cnn3ccc(Nc4ccc5[nH]ccc5c4)nc23)cc1C. The summed E-state index contributed by atoms with van der Waals surface area (Å²) < 4.78 is 7.45. The number of hydrogen-bond acceptors (Lipinski definition) is 4. The molecule has 0 unspecified atom stereocenters. The minimum atomic E-state index is 0.655. The molecule has 2 N–H and O–H groups in total. The minimum Gasteiger partial charge on any atom is -0.494 e. The van der Waals surface area contributed by atoms with Crippen LogP contribution in [-0.4, -0.2) is 26.2 Å². The molecule has 3 aromatic heterocycles. The average Bonchev–Trinajstić information content (AvgIpc) is 3.36. The Morgan fingerprint density at radius 2 is 2.03 bits per heavy atom. The molecule has 0 saturated carbocycles. The molecule has 0 aliphatic rings. The van der Waals surface area contributed by atoms with Gasteiger partial charge in [-0.1, -0.05) is 6.07 Å². The van der Waals surface area contributed by atoms with Gasteiger partial charge in [0.15, 0.2) is 5.65 Å². The van der Waals surface area contributed by atoms with E-state index in [9.17, 15) is 0 Å². The van der Waals surface area contributed by atoms with Crippen molar-refractivity contribution in [2.45, 2.75) is 13.8 Å². The Hall–Kier alpha value is -3.80. The van der Waals surface area contributed by atoms with Crippen LogP contribution in [0.2, 0.25) is 0 Å². The molecule has 0 saturated heterocycles. The number of rotatable bonds is 5. The van der Waals surface area contributed by atoms with Crippen molar-refractivity contribution in [2.24, 2.45) is 0 Å². The van der Waals surface area contributed by atoms with Crippen LogP contribution in [0.4, 0.5) is 11.5 Å². The van der Waals surface area contributed by atoms with Gasteiger partial charge in [0, 0.05) is 34.5 Å². The van der Waals surface area contributed by atoms with Crippen molar-refractivity contribution in [1.82, 2.24) is 19.6 Å². The third kappa shape index (κ3) is 3.18. The molecule has 0 aliphatic carbocycles. The first-order valence-corrected chi connectivity index (χ1v) is 9.63. The predicted octanol–water partition coefficient (Wildman–Crippen LogP) is 5.33. The van der Waals surface area contributed by atoms with Gasteiger partial charge in [-0.25, -0.2) is 9.50 Å². The summed E-state index contributed by atoms with van der Waals surface area (Å²) >= 11 is 0. The Kier molecular flexibility index (Phi) is 4.17. The summed E-state index contributed by atoms with van der Waals surface area (Å²) in [5, 5.41) is 9.01. The number of fused-ring (bicyclic) bond motifs is 2. The van der Waals surface area contributed by atoms with Crippen LogP contribution < -0.4 is 10.1 Å². The lowest BCUT2D eigenvalue weighted by atomic mass is 10.1. The number of nitrogens with zero attached hydrogens (tertiary/aromatic N) is 3. The van der Waals surface area contributed by atoms with Gasteiger partial charge in [0.05, 0.1) is 12.8 Å². The fourth-order valence-electron chi connectivity index (χ4n) is 3.56. The van der Waals surface area contributed by atoms with E-state index in [1.165, 1.54) is 0 Å². The predicted molar refractivity (Wildman–Crippen MR) is 116 cm³/mol. The second kappa shape index (κ2) is 6.98. The Labute approximate surface area is 168 Å². The molecule has 3 heterocycles. The first-order valence-electron chi connectivity index (χ1n) is 9.63. The largest absolute Gasteiger partial charge is 0.494 e. The van der Waals surface area contributed by atoms with Gasteiger partial charge in [0.2, 0.25) is 0 Å². The molecule has 5 rings (SSSR count). The van der Waals surface area contributed by atoms with Crippen LogP contribution in [0, 0.1) is 6.92 Å². The van der Waals surface area contributed by atoms with Crippen molar-refractivity contribution >= 4 is 28.1 Å². The van der Waals surface area contributed by atoms with Gasteiger partial charge in [-0.05, 0) is 67.4 Å². The summed E-state index contributed by atoms with van der Waals surface area (Å²) in [5.41, 5.74) is 6.06. The highest BCUT2D eigenvalue weighted by atomic mass is 16.5. The van der Waals surface area contributed by atoms with Crippen molar-refractivity contribution in [3.8, 4) is 16.9 Å². The van der Waals surface area contributed by atoms with Gasteiger partial charge >= 0.3 is 0 Å². The lowest BCUT2D eigenvalue weighted by Gasteiger charge is -2.09. The number of anilines is 2. The smallest absolute Gasteiger partial charge is 0.165 e. The zero-order chi connectivity index (χ0) is 19.8. The second-order valence-corrected chi connectivity index (χ2v) is 6.96. The van der Waals surface area contributed by atoms with E-state index in [0.717, 1.165) is 50.5 Å². The quantitative estimate of drug-likeness (QED) is 0.430. The van der Waals surface area contributed by atoms with Gasteiger partial charge < -0.3 is 15.0 Å². The number of H-pyrrole nitrogens is 1. The highest BCUT2D eigenvalue weighted by molar-refractivity contribution is 5.84.